The lowest BCUT2D eigenvalue weighted by Crippen LogP contribution is -2.57. The summed E-state index contributed by atoms with van der Waals surface area (Å²) in [6.07, 6.45) is 4.04. The molecule has 26 heavy (non-hydrogen) atoms. The first-order valence-electron chi connectivity index (χ1n) is 9.16. The summed E-state index contributed by atoms with van der Waals surface area (Å²) in [7, 11) is 0. The summed E-state index contributed by atoms with van der Waals surface area (Å²) in [6.45, 7) is 4.80. The highest BCUT2D eigenvalue weighted by atomic mass is 35.5. The highest BCUT2D eigenvalue weighted by Gasteiger charge is 2.33. The molecule has 2 fully saturated rings. The number of aromatic nitrogens is 1. The van der Waals surface area contributed by atoms with Crippen molar-refractivity contribution in [3.05, 3.63) is 53.4 Å². The molecule has 0 radical (unpaired) electrons. The largest absolute Gasteiger partial charge is 0.493 e. The number of anilines is 1. The Morgan fingerprint density at radius 2 is 1.92 bits per heavy atom. The quantitative estimate of drug-likeness (QED) is 0.811. The molecule has 0 spiro atoms. The third kappa shape index (κ3) is 4.10. The van der Waals surface area contributed by atoms with Crippen molar-refractivity contribution in [1.29, 1.82) is 0 Å². The minimum Gasteiger partial charge on any atom is -0.493 e. The molecule has 1 aromatic heterocycles. The third-order valence-corrected chi connectivity index (χ3v) is 5.56. The summed E-state index contributed by atoms with van der Waals surface area (Å²) in [5.41, 5.74) is 0. The van der Waals surface area contributed by atoms with Gasteiger partial charge in [-0.25, -0.2) is 9.37 Å². The summed E-state index contributed by atoms with van der Waals surface area (Å²) >= 11 is 5.94. The molecule has 4 rings (SSSR count). The van der Waals surface area contributed by atoms with Gasteiger partial charge in [0.15, 0.2) is 0 Å². The molecule has 2 aliphatic rings. The summed E-state index contributed by atoms with van der Waals surface area (Å²) in [5.74, 6) is 2.05. The number of ether oxygens (including phenoxy) is 1. The molecule has 2 aromatic rings. The number of pyridine rings is 1. The van der Waals surface area contributed by atoms with Crippen LogP contribution in [0.4, 0.5) is 10.2 Å². The molecule has 6 heteroatoms. The average molecular weight is 376 g/mol. The predicted molar refractivity (Wildman–Crippen MR) is 101 cm³/mol. The number of benzene rings is 1. The molecular weight excluding hydrogens is 353 g/mol. The van der Waals surface area contributed by atoms with Crippen LogP contribution in [0.3, 0.4) is 0 Å². The first kappa shape index (κ1) is 17.6. The van der Waals surface area contributed by atoms with Crippen molar-refractivity contribution in [2.45, 2.75) is 18.9 Å². The molecule has 4 nitrogen and oxygen atoms in total. The Bertz CT molecular complexity index is 725. The molecule has 138 valence electrons. The minimum absolute atomic E-state index is 0.231. The van der Waals surface area contributed by atoms with Crippen LogP contribution < -0.4 is 9.64 Å². The van der Waals surface area contributed by atoms with Crippen LogP contribution >= 0.6 is 11.6 Å². The Labute approximate surface area is 158 Å². The molecule has 2 atom stereocenters. The average Bonchev–Trinajstić information content (AvgIpc) is 2.67. The van der Waals surface area contributed by atoms with Crippen molar-refractivity contribution in [1.82, 2.24) is 9.88 Å². The van der Waals surface area contributed by atoms with E-state index in [1.807, 2.05) is 12.1 Å². The van der Waals surface area contributed by atoms with Gasteiger partial charge in [0.2, 0.25) is 0 Å². The summed E-state index contributed by atoms with van der Waals surface area (Å²) in [5, 5.41) is 0.675. The molecule has 0 amide bonds. The van der Waals surface area contributed by atoms with Gasteiger partial charge >= 0.3 is 0 Å². The maximum Gasteiger partial charge on any atom is 0.128 e. The van der Waals surface area contributed by atoms with Gasteiger partial charge in [0, 0.05) is 44.3 Å². The first-order chi connectivity index (χ1) is 12.7. The van der Waals surface area contributed by atoms with Gasteiger partial charge in [0.25, 0.3) is 0 Å². The van der Waals surface area contributed by atoms with Crippen molar-refractivity contribution in [2.75, 3.05) is 37.7 Å². The van der Waals surface area contributed by atoms with E-state index >= 15 is 0 Å². The monoisotopic (exact) mass is 375 g/mol. The van der Waals surface area contributed by atoms with E-state index in [1.54, 1.807) is 18.3 Å². The predicted octanol–water partition coefficient (Wildman–Crippen LogP) is 3.85. The second-order valence-electron chi connectivity index (χ2n) is 7.14. The zero-order valence-corrected chi connectivity index (χ0v) is 15.4. The highest BCUT2D eigenvalue weighted by molar-refractivity contribution is 6.30. The van der Waals surface area contributed by atoms with Crippen LogP contribution in [0.15, 0.2) is 42.6 Å². The molecule has 0 unspecified atom stereocenters. The number of hydrogen-bond donors (Lipinski definition) is 0. The van der Waals surface area contributed by atoms with Crippen LogP contribution in [-0.4, -0.2) is 48.7 Å². The molecule has 0 saturated carbocycles. The SMILES string of the molecule is Fc1ccc(OC[C@H]2CC[C@H]3CN(c4ccc(Cl)cn4)CCN3C2)cc1. The molecule has 0 bridgehead atoms. The molecular formula is C20H23ClFN3O. The van der Waals surface area contributed by atoms with Gasteiger partial charge in [-0.3, -0.25) is 4.90 Å². The minimum atomic E-state index is -0.231. The third-order valence-electron chi connectivity index (χ3n) is 5.34. The van der Waals surface area contributed by atoms with Gasteiger partial charge < -0.3 is 9.64 Å². The van der Waals surface area contributed by atoms with E-state index in [1.165, 1.54) is 18.6 Å². The number of hydrogen-bond acceptors (Lipinski definition) is 4. The second kappa shape index (κ2) is 7.80. The Hall–Kier alpha value is -1.85. The van der Waals surface area contributed by atoms with Crippen LogP contribution in [0.25, 0.3) is 0 Å². The second-order valence-corrected chi connectivity index (χ2v) is 7.57. The van der Waals surface area contributed by atoms with Crippen LogP contribution in [0.2, 0.25) is 5.02 Å². The zero-order valence-electron chi connectivity index (χ0n) is 14.7. The van der Waals surface area contributed by atoms with Gasteiger partial charge in [-0.15, -0.1) is 0 Å². The first-order valence-corrected chi connectivity index (χ1v) is 9.54. The van der Waals surface area contributed by atoms with Crippen LogP contribution in [0, 0.1) is 11.7 Å². The Morgan fingerprint density at radius 3 is 2.69 bits per heavy atom. The number of fused-ring (bicyclic) bond motifs is 1. The molecule has 1 aromatic carbocycles. The van der Waals surface area contributed by atoms with Gasteiger partial charge in [0.1, 0.15) is 17.4 Å². The van der Waals surface area contributed by atoms with E-state index in [0.29, 0.717) is 23.6 Å². The van der Waals surface area contributed by atoms with Gasteiger partial charge in [-0.1, -0.05) is 11.6 Å². The lowest BCUT2D eigenvalue weighted by molar-refractivity contribution is 0.0727. The highest BCUT2D eigenvalue weighted by Crippen LogP contribution is 2.28. The molecule has 2 aliphatic heterocycles. The number of piperidine rings is 1. The van der Waals surface area contributed by atoms with E-state index in [2.05, 4.69) is 14.8 Å². The number of halogens is 2. The normalized spacial score (nSPS) is 23.5. The van der Waals surface area contributed by atoms with Crippen molar-refractivity contribution in [2.24, 2.45) is 5.92 Å². The van der Waals surface area contributed by atoms with E-state index in [0.717, 1.165) is 44.2 Å². The Morgan fingerprint density at radius 1 is 1.08 bits per heavy atom. The molecule has 2 saturated heterocycles. The number of nitrogens with zero attached hydrogens (tertiary/aromatic N) is 3. The van der Waals surface area contributed by atoms with Crippen LogP contribution in [0.5, 0.6) is 5.75 Å². The van der Waals surface area contributed by atoms with Crippen molar-refractivity contribution >= 4 is 17.4 Å². The van der Waals surface area contributed by atoms with E-state index in [4.69, 9.17) is 16.3 Å². The molecule has 0 aliphatic carbocycles. The topological polar surface area (TPSA) is 28.6 Å². The van der Waals surface area contributed by atoms with Crippen molar-refractivity contribution in [3.8, 4) is 5.75 Å². The number of rotatable bonds is 4. The lowest BCUT2D eigenvalue weighted by atomic mass is 9.91. The van der Waals surface area contributed by atoms with E-state index in [-0.39, 0.29) is 5.82 Å². The fourth-order valence-electron chi connectivity index (χ4n) is 3.90. The smallest absolute Gasteiger partial charge is 0.128 e. The molecule has 3 heterocycles. The fourth-order valence-corrected chi connectivity index (χ4v) is 4.01. The zero-order chi connectivity index (χ0) is 17.9. The van der Waals surface area contributed by atoms with Gasteiger partial charge in [-0.05, 0) is 49.2 Å². The van der Waals surface area contributed by atoms with E-state index in [9.17, 15) is 4.39 Å². The van der Waals surface area contributed by atoms with Crippen LogP contribution in [-0.2, 0) is 0 Å². The fraction of sp³-hybridized carbons (Fsp3) is 0.450. The Balaban J connectivity index is 1.29. The lowest BCUT2D eigenvalue weighted by Gasteiger charge is -2.46. The number of piperazine rings is 1. The standard InChI is InChI=1S/C20H23ClFN3O/c21-16-2-8-20(23-11-16)25-10-9-24-12-15(1-5-18(24)13-25)14-26-19-6-3-17(22)4-7-19/h2-4,6-8,11,15,18H,1,5,9-10,12-14H2/t15-,18-/m0/s1. The summed E-state index contributed by atoms with van der Waals surface area (Å²) in [6, 6.07) is 10.7. The Kier molecular flexibility index (Phi) is 5.27. The maximum atomic E-state index is 13.0. The summed E-state index contributed by atoms with van der Waals surface area (Å²) in [4.78, 5) is 9.38. The summed E-state index contributed by atoms with van der Waals surface area (Å²) < 4.78 is 18.8. The van der Waals surface area contributed by atoms with Crippen molar-refractivity contribution < 1.29 is 9.13 Å². The van der Waals surface area contributed by atoms with Gasteiger partial charge in [-0.2, -0.15) is 0 Å². The van der Waals surface area contributed by atoms with Crippen molar-refractivity contribution in [3.63, 3.8) is 0 Å². The van der Waals surface area contributed by atoms with Gasteiger partial charge in [0.05, 0.1) is 11.6 Å². The van der Waals surface area contributed by atoms with E-state index < -0.39 is 0 Å². The maximum absolute atomic E-state index is 13.0. The molecule has 0 N–H and O–H groups in total. The van der Waals surface area contributed by atoms with Crippen LogP contribution in [0.1, 0.15) is 12.8 Å².